The van der Waals surface area contributed by atoms with Crippen LogP contribution in [-0.4, -0.2) is 41.0 Å². The summed E-state index contributed by atoms with van der Waals surface area (Å²) in [5.74, 6) is 0.373. The molecule has 3 heterocycles. The summed E-state index contributed by atoms with van der Waals surface area (Å²) >= 11 is 1.35. The Bertz CT molecular complexity index is 1320. The number of nitrogens with zero attached hydrogens (tertiary/aromatic N) is 3. The summed E-state index contributed by atoms with van der Waals surface area (Å²) in [5.41, 5.74) is 2.91. The van der Waals surface area contributed by atoms with E-state index in [0.717, 1.165) is 42.1 Å². The summed E-state index contributed by atoms with van der Waals surface area (Å²) in [6, 6.07) is 13.7. The lowest BCUT2D eigenvalue weighted by Crippen LogP contribution is -2.36. The standard InChI is InChI=1S/C24H22FN3O3S/c1-31-21-12-17(6-7-20(21)27-10-8-18(29)9-11-27)28-14-26-19-13-22(32-23(19)24(28)30)15-2-4-16(25)5-3-15/h2-7,12-14,18,29H,8-11H2,1H3. The molecule has 0 radical (unpaired) electrons. The van der Waals surface area contributed by atoms with Crippen molar-refractivity contribution in [3.8, 4) is 21.9 Å². The fourth-order valence-corrected chi connectivity index (χ4v) is 5.08. The summed E-state index contributed by atoms with van der Waals surface area (Å²) in [6.07, 6.45) is 2.72. The van der Waals surface area contributed by atoms with E-state index in [9.17, 15) is 14.3 Å². The Balaban J connectivity index is 1.52. The minimum Gasteiger partial charge on any atom is -0.495 e. The van der Waals surface area contributed by atoms with Crippen LogP contribution in [0.4, 0.5) is 10.1 Å². The maximum absolute atomic E-state index is 13.3. The average molecular weight is 452 g/mol. The molecular formula is C24H22FN3O3S. The van der Waals surface area contributed by atoms with Gasteiger partial charge in [0.15, 0.2) is 0 Å². The Morgan fingerprint density at radius 2 is 1.88 bits per heavy atom. The number of aliphatic hydroxyl groups excluding tert-OH is 1. The van der Waals surface area contributed by atoms with Gasteiger partial charge in [0.1, 0.15) is 22.6 Å². The minimum atomic E-state index is -0.298. The predicted molar refractivity (Wildman–Crippen MR) is 125 cm³/mol. The number of hydrogen-bond donors (Lipinski definition) is 1. The lowest BCUT2D eigenvalue weighted by atomic mass is 10.1. The molecule has 1 saturated heterocycles. The Hall–Kier alpha value is -3.23. The van der Waals surface area contributed by atoms with Gasteiger partial charge in [-0.1, -0.05) is 12.1 Å². The summed E-state index contributed by atoms with van der Waals surface area (Å²) in [6.45, 7) is 1.51. The SMILES string of the molecule is COc1cc(-n2cnc3cc(-c4ccc(F)cc4)sc3c2=O)ccc1N1CCC(O)CC1. The van der Waals surface area contributed by atoms with Crippen molar-refractivity contribution in [3.05, 3.63) is 71.0 Å². The van der Waals surface area contributed by atoms with Gasteiger partial charge in [-0.25, -0.2) is 9.37 Å². The molecule has 0 amide bonds. The smallest absolute Gasteiger partial charge is 0.275 e. The molecule has 0 bridgehead atoms. The number of rotatable bonds is 4. The van der Waals surface area contributed by atoms with Crippen LogP contribution in [0.2, 0.25) is 0 Å². The highest BCUT2D eigenvalue weighted by Gasteiger charge is 2.21. The van der Waals surface area contributed by atoms with Crippen LogP contribution < -0.4 is 15.2 Å². The van der Waals surface area contributed by atoms with E-state index in [1.807, 2.05) is 24.3 Å². The molecule has 1 fully saturated rings. The molecule has 4 aromatic rings. The van der Waals surface area contributed by atoms with Crippen LogP contribution in [0.5, 0.6) is 5.75 Å². The van der Waals surface area contributed by atoms with Gasteiger partial charge in [0.05, 0.1) is 30.1 Å². The Kier molecular flexibility index (Phi) is 5.40. The third kappa shape index (κ3) is 3.76. The van der Waals surface area contributed by atoms with Crippen LogP contribution in [0.1, 0.15) is 12.8 Å². The number of benzene rings is 2. The van der Waals surface area contributed by atoms with Gasteiger partial charge in [-0.2, -0.15) is 0 Å². The van der Waals surface area contributed by atoms with Gasteiger partial charge in [-0.15, -0.1) is 11.3 Å². The lowest BCUT2D eigenvalue weighted by Gasteiger charge is -2.32. The zero-order chi connectivity index (χ0) is 22.2. The van der Waals surface area contributed by atoms with Gasteiger partial charge in [0.25, 0.3) is 5.56 Å². The van der Waals surface area contributed by atoms with E-state index in [1.54, 1.807) is 19.2 Å². The second-order valence-corrected chi connectivity index (χ2v) is 8.88. The summed E-state index contributed by atoms with van der Waals surface area (Å²) in [7, 11) is 1.61. The number of piperidine rings is 1. The monoisotopic (exact) mass is 451 g/mol. The van der Waals surface area contributed by atoms with E-state index >= 15 is 0 Å². The number of ether oxygens (including phenoxy) is 1. The molecule has 2 aromatic heterocycles. The van der Waals surface area contributed by atoms with Crippen molar-refractivity contribution in [1.29, 1.82) is 0 Å². The van der Waals surface area contributed by atoms with Crippen LogP contribution in [0.3, 0.4) is 0 Å². The van der Waals surface area contributed by atoms with Crippen molar-refractivity contribution >= 4 is 27.2 Å². The van der Waals surface area contributed by atoms with Crippen molar-refractivity contribution in [1.82, 2.24) is 9.55 Å². The summed E-state index contributed by atoms with van der Waals surface area (Å²) in [5, 5.41) is 9.78. The molecule has 0 saturated carbocycles. The third-order valence-electron chi connectivity index (χ3n) is 5.81. The van der Waals surface area contributed by atoms with E-state index in [2.05, 4.69) is 9.88 Å². The molecule has 2 aromatic carbocycles. The van der Waals surface area contributed by atoms with Crippen LogP contribution in [0.15, 0.2) is 59.7 Å². The van der Waals surface area contributed by atoms with Crippen LogP contribution in [0.25, 0.3) is 26.3 Å². The van der Waals surface area contributed by atoms with E-state index in [4.69, 9.17) is 4.74 Å². The number of aromatic nitrogens is 2. The molecule has 8 heteroatoms. The number of hydrogen-bond acceptors (Lipinski definition) is 6. The highest BCUT2D eigenvalue weighted by atomic mass is 32.1. The quantitative estimate of drug-likeness (QED) is 0.503. The molecule has 32 heavy (non-hydrogen) atoms. The molecule has 0 aliphatic carbocycles. The average Bonchev–Trinajstić information content (AvgIpc) is 3.25. The van der Waals surface area contributed by atoms with E-state index in [0.29, 0.717) is 21.7 Å². The molecular weight excluding hydrogens is 429 g/mol. The van der Waals surface area contributed by atoms with Crippen molar-refractivity contribution in [3.63, 3.8) is 0 Å². The van der Waals surface area contributed by atoms with Crippen molar-refractivity contribution in [2.75, 3.05) is 25.1 Å². The first-order valence-electron chi connectivity index (χ1n) is 10.4. The van der Waals surface area contributed by atoms with Crippen LogP contribution in [-0.2, 0) is 0 Å². The van der Waals surface area contributed by atoms with Crippen molar-refractivity contribution in [2.24, 2.45) is 0 Å². The highest BCUT2D eigenvalue weighted by Crippen LogP contribution is 2.34. The molecule has 1 aliphatic heterocycles. The number of halogens is 1. The number of aliphatic hydroxyl groups is 1. The van der Waals surface area contributed by atoms with Crippen LogP contribution in [0, 0.1) is 5.82 Å². The fourth-order valence-electron chi connectivity index (χ4n) is 4.04. The van der Waals surface area contributed by atoms with Crippen LogP contribution >= 0.6 is 11.3 Å². The van der Waals surface area contributed by atoms with Gasteiger partial charge in [-0.05, 0) is 48.7 Å². The maximum Gasteiger partial charge on any atom is 0.275 e. The molecule has 1 aliphatic rings. The molecule has 0 spiro atoms. The van der Waals surface area contributed by atoms with Crippen molar-refractivity contribution < 1.29 is 14.2 Å². The summed E-state index contributed by atoms with van der Waals surface area (Å²) in [4.78, 5) is 20.8. The Labute approximate surface area is 188 Å². The molecule has 0 atom stereocenters. The molecule has 5 rings (SSSR count). The second-order valence-electron chi connectivity index (χ2n) is 7.83. The number of anilines is 1. The molecule has 6 nitrogen and oxygen atoms in total. The van der Waals surface area contributed by atoms with Gasteiger partial charge >= 0.3 is 0 Å². The first kappa shape index (κ1) is 20.7. The molecule has 0 unspecified atom stereocenters. The van der Waals surface area contributed by atoms with Gasteiger partial charge in [-0.3, -0.25) is 9.36 Å². The Morgan fingerprint density at radius 1 is 1.12 bits per heavy atom. The number of thiophene rings is 1. The van der Waals surface area contributed by atoms with E-state index in [1.165, 1.54) is 34.4 Å². The summed E-state index contributed by atoms with van der Waals surface area (Å²) < 4.78 is 20.9. The van der Waals surface area contributed by atoms with E-state index in [-0.39, 0.29) is 17.5 Å². The highest BCUT2D eigenvalue weighted by molar-refractivity contribution is 7.22. The zero-order valence-electron chi connectivity index (χ0n) is 17.5. The topological polar surface area (TPSA) is 67.6 Å². The first-order chi connectivity index (χ1) is 15.5. The second kappa shape index (κ2) is 8.37. The first-order valence-corrected chi connectivity index (χ1v) is 11.2. The Morgan fingerprint density at radius 3 is 2.59 bits per heavy atom. The van der Waals surface area contributed by atoms with Crippen molar-refractivity contribution in [2.45, 2.75) is 18.9 Å². The number of fused-ring (bicyclic) bond motifs is 1. The largest absolute Gasteiger partial charge is 0.495 e. The van der Waals surface area contributed by atoms with Gasteiger partial charge in [0.2, 0.25) is 0 Å². The lowest BCUT2D eigenvalue weighted by molar-refractivity contribution is 0.145. The zero-order valence-corrected chi connectivity index (χ0v) is 18.3. The number of methoxy groups -OCH3 is 1. The minimum absolute atomic E-state index is 0.163. The fraction of sp³-hybridized carbons (Fsp3) is 0.250. The van der Waals surface area contributed by atoms with E-state index < -0.39 is 0 Å². The molecule has 164 valence electrons. The normalized spacial score (nSPS) is 14.8. The molecule has 1 N–H and O–H groups in total. The third-order valence-corrected chi connectivity index (χ3v) is 6.97. The van der Waals surface area contributed by atoms with Gasteiger partial charge < -0.3 is 14.7 Å². The maximum atomic E-state index is 13.3. The van der Waals surface area contributed by atoms with Gasteiger partial charge in [0, 0.05) is 24.0 Å². The predicted octanol–water partition coefficient (Wildman–Crippen LogP) is 4.22.